The van der Waals surface area contributed by atoms with Crippen molar-refractivity contribution in [1.82, 2.24) is 5.32 Å². The van der Waals surface area contributed by atoms with Gasteiger partial charge in [-0.25, -0.2) is 4.99 Å². The molecule has 0 saturated carbocycles. The number of rotatable bonds is 1. The number of Topliss-reactive ketones (excluding diaryl/α,β-unsaturated/α-hetero) is 1. The molecule has 2 rings (SSSR count). The molecular formula is C12H8N4O2. The van der Waals surface area contributed by atoms with Gasteiger partial charge in [0.1, 0.15) is 0 Å². The second-order valence-electron chi connectivity index (χ2n) is 3.50. The van der Waals surface area contributed by atoms with Crippen LogP contribution in [-0.4, -0.2) is 17.5 Å². The number of nitrogens with one attached hydrogen (secondary N) is 1. The summed E-state index contributed by atoms with van der Waals surface area (Å²) in [5.41, 5.74) is 6.50. The predicted octanol–water partition coefficient (Wildman–Crippen LogP) is 0.178. The summed E-state index contributed by atoms with van der Waals surface area (Å²) in [6, 6.07) is 6.59. The molecule has 0 atom stereocenters. The Kier molecular flexibility index (Phi) is 2.89. The number of carbonyl (C=O) groups excluding carboxylic acids is 2. The molecule has 0 heterocycles. The Bertz CT molecular complexity index is 638. The molecule has 0 radical (unpaired) electrons. The summed E-state index contributed by atoms with van der Waals surface area (Å²) in [6.45, 7) is 0. The Balaban J connectivity index is 2.52. The van der Waals surface area contributed by atoms with Gasteiger partial charge in [-0.2, -0.15) is 5.26 Å². The van der Waals surface area contributed by atoms with Crippen LogP contribution in [0.3, 0.4) is 0 Å². The molecule has 0 aromatic heterocycles. The maximum atomic E-state index is 11.6. The lowest BCUT2D eigenvalue weighted by atomic mass is 9.93. The minimum absolute atomic E-state index is 0.138. The third-order valence-corrected chi connectivity index (χ3v) is 2.36. The van der Waals surface area contributed by atoms with Crippen molar-refractivity contribution >= 4 is 23.2 Å². The van der Waals surface area contributed by atoms with Crippen LogP contribution in [0.2, 0.25) is 0 Å². The zero-order valence-electron chi connectivity index (χ0n) is 9.18. The normalized spacial score (nSPS) is 14.6. The lowest BCUT2D eigenvalue weighted by Gasteiger charge is -2.12. The number of hydrogen-bond acceptors (Lipinski definition) is 4. The number of nitrogens with two attached hydrogens (primary N) is 1. The molecule has 6 nitrogen and oxygen atoms in total. The smallest absolute Gasteiger partial charge is 0.233 e. The summed E-state index contributed by atoms with van der Waals surface area (Å²) in [7, 11) is 0. The van der Waals surface area contributed by atoms with Crippen LogP contribution < -0.4 is 11.1 Å². The number of carbonyl (C=O) groups is 2. The minimum atomic E-state index is -0.655. The Morgan fingerprint density at radius 2 is 1.94 bits per heavy atom. The van der Waals surface area contributed by atoms with Crippen LogP contribution >= 0.6 is 0 Å². The molecule has 0 spiro atoms. The molecule has 1 aliphatic rings. The first kappa shape index (κ1) is 11.5. The summed E-state index contributed by atoms with van der Waals surface area (Å²) in [4.78, 5) is 27.0. The summed E-state index contributed by atoms with van der Waals surface area (Å²) < 4.78 is 0. The lowest BCUT2D eigenvalue weighted by molar-refractivity contribution is -0.111. The largest absolute Gasteiger partial charge is 0.369 e. The average Bonchev–Trinajstić information content (AvgIpc) is 2.36. The first-order chi connectivity index (χ1) is 8.63. The van der Waals surface area contributed by atoms with E-state index in [0.29, 0.717) is 5.56 Å². The van der Waals surface area contributed by atoms with E-state index in [0.717, 1.165) is 6.08 Å². The summed E-state index contributed by atoms with van der Waals surface area (Å²) >= 11 is 0. The summed E-state index contributed by atoms with van der Waals surface area (Å²) in [5, 5.41) is 10.5. The maximum Gasteiger partial charge on any atom is 0.233 e. The van der Waals surface area contributed by atoms with Crippen LogP contribution in [0.4, 0.5) is 0 Å². The van der Waals surface area contributed by atoms with Crippen molar-refractivity contribution in [3.8, 4) is 6.19 Å². The molecule has 0 unspecified atom stereocenters. The zero-order valence-corrected chi connectivity index (χ0v) is 9.18. The van der Waals surface area contributed by atoms with E-state index in [-0.39, 0.29) is 17.2 Å². The first-order valence-corrected chi connectivity index (χ1v) is 5.02. The van der Waals surface area contributed by atoms with Crippen molar-refractivity contribution in [3.05, 3.63) is 41.5 Å². The third-order valence-electron chi connectivity index (χ3n) is 2.36. The van der Waals surface area contributed by atoms with Crippen molar-refractivity contribution in [1.29, 1.82) is 5.26 Å². The van der Waals surface area contributed by atoms with Crippen LogP contribution in [0.5, 0.6) is 0 Å². The van der Waals surface area contributed by atoms with Crippen molar-refractivity contribution in [3.63, 3.8) is 0 Å². The van der Waals surface area contributed by atoms with Gasteiger partial charge in [-0.05, 0) is 0 Å². The summed E-state index contributed by atoms with van der Waals surface area (Å²) in [5.74, 6) is -1.37. The maximum absolute atomic E-state index is 11.6. The number of nitrogens with zero attached hydrogens (tertiary/aromatic N) is 2. The van der Waals surface area contributed by atoms with Gasteiger partial charge in [-0.3, -0.25) is 14.9 Å². The second kappa shape index (κ2) is 4.51. The van der Waals surface area contributed by atoms with Gasteiger partial charge in [-0.1, -0.05) is 24.3 Å². The SMILES string of the molecule is N#CNC(N)=NC1=CC(=O)C(=O)c2ccccc21. The molecule has 0 amide bonds. The molecule has 3 N–H and O–H groups in total. The number of aliphatic imine (C=N–C) groups is 1. The highest BCUT2D eigenvalue weighted by molar-refractivity contribution is 6.50. The van der Waals surface area contributed by atoms with Crippen LogP contribution in [0, 0.1) is 11.5 Å². The summed E-state index contributed by atoms with van der Waals surface area (Å²) in [6.07, 6.45) is 2.72. The topological polar surface area (TPSA) is 108 Å². The van der Waals surface area contributed by atoms with Gasteiger partial charge in [0, 0.05) is 17.2 Å². The lowest BCUT2D eigenvalue weighted by Crippen LogP contribution is -2.28. The zero-order chi connectivity index (χ0) is 13.1. The molecule has 1 aliphatic carbocycles. The van der Waals surface area contributed by atoms with Gasteiger partial charge in [0.25, 0.3) is 0 Å². The van der Waals surface area contributed by atoms with E-state index >= 15 is 0 Å². The molecule has 88 valence electrons. The number of ketones is 2. The van der Waals surface area contributed by atoms with Gasteiger partial charge >= 0.3 is 0 Å². The number of fused-ring (bicyclic) bond motifs is 1. The van der Waals surface area contributed by atoms with Crippen molar-refractivity contribution in [2.45, 2.75) is 0 Å². The molecule has 0 fully saturated rings. The van der Waals surface area contributed by atoms with E-state index in [2.05, 4.69) is 10.3 Å². The van der Waals surface area contributed by atoms with E-state index < -0.39 is 11.6 Å². The van der Waals surface area contributed by atoms with Gasteiger partial charge < -0.3 is 5.73 Å². The molecule has 0 bridgehead atoms. The molecule has 18 heavy (non-hydrogen) atoms. The molecule has 0 saturated heterocycles. The van der Waals surface area contributed by atoms with Crippen molar-refractivity contribution in [2.24, 2.45) is 10.7 Å². The molecule has 1 aromatic carbocycles. The van der Waals surface area contributed by atoms with Crippen molar-refractivity contribution < 1.29 is 9.59 Å². The highest BCUT2D eigenvalue weighted by atomic mass is 16.2. The Labute approximate surface area is 102 Å². The Morgan fingerprint density at radius 1 is 1.28 bits per heavy atom. The van der Waals surface area contributed by atoms with E-state index in [1.54, 1.807) is 30.5 Å². The van der Waals surface area contributed by atoms with E-state index in [1.807, 2.05) is 0 Å². The highest BCUT2D eigenvalue weighted by Crippen LogP contribution is 2.25. The predicted molar refractivity (Wildman–Crippen MR) is 64.1 cm³/mol. The average molecular weight is 240 g/mol. The Morgan fingerprint density at radius 3 is 2.61 bits per heavy atom. The molecule has 6 heteroatoms. The van der Waals surface area contributed by atoms with Gasteiger partial charge in [0.05, 0.1) is 5.70 Å². The first-order valence-electron chi connectivity index (χ1n) is 5.02. The van der Waals surface area contributed by atoms with E-state index in [1.165, 1.54) is 0 Å². The second-order valence-corrected chi connectivity index (χ2v) is 3.50. The van der Waals surface area contributed by atoms with Crippen LogP contribution in [0.25, 0.3) is 5.70 Å². The van der Waals surface area contributed by atoms with Gasteiger partial charge in [0.2, 0.25) is 17.5 Å². The third kappa shape index (κ3) is 1.97. The van der Waals surface area contributed by atoms with Crippen LogP contribution in [-0.2, 0) is 4.79 Å². The fourth-order valence-electron chi connectivity index (χ4n) is 1.61. The van der Waals surface area contributed by atoms with Gasteiger partial charge in [0.15, 0.2) is 6.19 Å². The van der Waals surface area contributed by atoms with Crippen LogP contribution in [0.1, 0.15) is 15.9 Å². The van der Waals surface area contributed by atoms with Crippen molar-refractivity contribution in [2.75, 3.05) is 0 Å². The van der Waals surface area contributed by atoms with Crippen LogP contribution in [0.15, 0.2) is 35.3 Å². The Hall–Kier alpha value is -2.94. The fourth-order valence-corrected chi connectivity index (χ4v) is 1.61. The van der Waals surface area contributed by atoms with E-state index in [9.17, 15) is 9.59 Å². The molecule has 1 aromatic rings. The molecule has 0 aliphatic heterocycles. The highest BCUT2D eigenvalue weighted by Gasteiger charge is 2.25. The number of nitriles is 1. The quantitative estimate of drug-likeness (QED) is 0.239. The fraction of sp³-hybridized carbons (Fsp3) is 0. The minimum Gasteiger partial charge on any atom is -0.369 e. The van der Waals surface area contributed by atoms with E-state index in [4.69, 9.17) is 11.0 Å². The number of benzene rings is 1. The monoisotopic (exact) mass is 240 g/mol. The van der Waals surface area contributed by atoms with Gasteiger partial charge in [-0.15, -0.1) is 0 Å². The number of hydrogen-bond donors (Lipinski definition) is 2. The standard InChI is InChI=1S/C12H8N4O2/c13-6-15-12(14)16-9-5-10(17)11(18)8-4-2-1-3-7(8)9/h1-5H,(H3,14,15,16). The number of allylic oxidation sites excluding steroid dienone is 1. The molecular weight excluding hydrogens is 232 g/mol. The number of guanidine groups is 1.